The lowest BCUT2D eigenvalue weighted by molar-refractivity contribution is 0.520. The highest BCUT2D eigenvalue weighted by Gasteiger charge is 2.16. The molecule has 0 aliphatic carbocycles. The summed E-state index contributed by atoms with van der Waals surface area (Å²) in [6.07, 6.45) is 2.94. The normalized spacial score (nSPS) is 12.1. The number of rotatable bonds is 8. The Morgan fingerprint density at radius 2 is 1.77 bits per heavy atom. The zero-order chi connectivity index (χ0) is 21.6. The van der Waals surface area contributed by atoms with E-state index >= 15 is 0 Å². The Morgan fingerprint density at radius 1 is 1.06 bits per heavy atom. The van der Waals surface area contributed by atoms with Crippen LogP contribution in [0.2, 0.25) is 0 Å². The number of aromatic nitrogens is 1. The van der Waals surface area contributed by atoms with E-state index in [4.69, 9.17) is 0 Å². The topological polar surface area (TPSA) is 89.6 Å². The number of guanidine groups is 1. The van der Waals surface area contributed by atoms with Gasteiger partial charge in [-0.15, -0.1) is 24.0 Å². The van der Waals surface area contributed by atoms with E-state index in [2.05, 4.69) is 38.9 Å². The number of hydrogen-bond acceptors (Lipinski definition) is 3. The number of halogens is 1. The van der Waals surface area contributed by atoms with Crippen molar-refractivity contribution >= 4 is 50.9 Å². The van der Waals surface area contributed by atoms with Gasteiger partial charge >= 0.3 is 0 Å². The van der Waals surface area contributed by atoms with Crippen LogP contribution in [0.3, 0.4) is 0 Å². The molecule has 0 saturated heterocycles. The zero-order valence-corrected chi connectivity index (χ0v) is 21.2. The SMILES string of the molecule is CCNC(=NCc1ccc(S(=O)(=O)N(C)C)cc1)NCCc1c[nH]c2ccccc12.I. The molecule has 9 heteroatoms. The van der Waals surface area contributed by atoms with Crippen LogP contribution in [-0.2, 0) is 23.0 Å². The van der Waals surface area contributed by atoms with Crippen LogP contribution in [0.1, 0.15) is 18.1 Å². The first-order chi connectivity index (χ1) is 14.4. The molecule has 1 heterocycles. The minimum Gasteiger partial charge on any atom is -0.361 e. The van der Waals surface area contributed by atoms with Crippen LogP contribution in [0.4, 0.5) is 0 Å². The first kappa shape index (κ1) is 25.2. The summed E-state index contributed by atoms with van der Waals surface area (Å²) in [7, 11) is -0.361. The number of H-pyrrole nitrogens is 1. The Kier molecular flexibility index (Phi) is 9.32. The quantitative estimate of drug-likeness (QED) is 0.226. The molecule has 2 aromatic carbocycles. The van der Waals surface area contributed by atoms with E-state index < -0.39 is 10.0 Å². The summed E-state index contributed by atoms with van der Waals surface area (Å²) in [6, 6.07) is 15.1. The van der Waals surface area contributed by atoms with E-state index in [0.717, 1.165) is 36.6 Å². The Bertz CT molecular complexity index is 1110. The number of nitrogens with one attached hydrogen (secondary N) is 3. The number of aliphatic imine (C=N–C) groups is 1. The van der Waals surface area contributed by atoms with Crippen molar-refractivity contribution in [2.75, 3.05) is 27.2 Å². The van der Waals surface area contributed by atoms with Gasteiger partial charge in [-0.05, 0) is 42.7 Å². The molecule has 0 spiro atoms. The lowest BCUT2D eigenvalue weighted by atomic mass is 10.1. The van der Waals surface area contributed by atoms with Gasteiger partial charge < -0.3 is 15.6 Å². The molecule has 3 N–H and O–H groups in total. The number of benzene rings is 2. The maximum Gasteiger partial charge on any atom is 0.242 e. The fourth-order valence-electron chi connectivity index (χ4n) is 3.14. The Hall–Kier alpha value is -2.11. The van der Waals surface area contributed by atoms with Crippen molar-refractivity contribution < 1.29 is 8.42 Å². The van der Waals surface area contributed by atoms with E-state index in [0.29, 0.717) is 6.54 Å². The molecule has 0 aliphatic rings. The molecule has 0 unspecified atom stereocenters. The third-order valence-corrected chi connectivity index (χ3v) is 6.66. The van der Waals surface area contributed by atoms with Gasteiger partial charge in [0, 0.05) is 44.3 Å². The van der Waals surface area contributed by atoms with Crippen molar-refractivity contribution in [1.29, 1.82) is 0 Å². The van der Waals surface area contributed by atoms with Crippen molar-refractivity contribution in [2.45, 2.75) is 24.8 Å². The summed E-state index contributed by atoms with van der Waals surface area (Å²) in [5, 5.41) is 7.86. The Morgan fingerprint density at radius 3 is 2.45 bits per heavy atom. The molecule has 1 aromatic heterocycles. The molecular formula is C22H30IN5O2S. The smallest absolute Gasteiger partial charge is 0.242 e. The van der Waals surface area contributed by atoms with Crippen molar-refractivity contribution in [3.63, 3.8) is 0 Å². The molecule has 0 atom stereocenters. The van der Waals surface area contributed by atoms with Gasteiger partial charge in [0.25, 0.3) is 0 Å². The maximum atomic E-state index is 12.2. The molecule has 0 bridgehead atoms. The second-order valence-electron chi connectivity index (χ2n) is 7.16. The fourth-order valence-corrected chi connectivity index (χ4v) is 4.05. The first-order valence-electron chi connectivity index (χ1n) is 10.0. The van der Waals surface area contributed by atoms with Crippen molar-refractivity contribution in [2.24, 2.45) is 4.99 Å². The highest BCUT2D eigenvalue weighted by molar-refractivity contribution is 14.0. The van der Waals surface area contributed by atoms with Gasteiger partial charge in [0.2, 0.25) is 10.0 Å². The minimum atomic E-state index is -3.41. The van der Waals surface area contributed by atoms with Crippen LogP contribution < -0.4 is 10.6 Å². The predicted molar refractivity (Wildman–Crippen MR) is 138 cm³/mol. The number of sulfonamides is 1. The number of hydrogen-bond donors (Lipinski definition) is 3. The van der Waals surface area contributed by atoms with E-state index in [1.807, 2.05) is 19.1 Å². The third kappa shape index (κ3) is 6.44. The summed E-state index contributed by atoms with van der Waals surface area (Å²) in [5.74, 6) is 0.738. The largest absolute Gasteiger partial charge is 0.361 e. The molecule has 3 rings (SSSR count). The molecule has 0 amide bonds. The third-order valence-electron chi connectivity index (χ3n) is 4.83. The highest BCUT2D eigenvalue weighted by atomic mass is 127. The van der Waals surface area contributed by atoms with Crippen LogP contribution in [0.15, 0.2) is 64.6 Å². The molecule has 0 radical (unpaired) electrons. The molecule has 0 saturated carbocycles. The van der Waals surface area contributed by atoms with Gasteiger partial charge in [-0.1, -0.05) is 30.3 Å². The van der Waals surface area contributed by atoms with E-state index in [-0.39, 0.29) is 28.9 Å². The maximum absolute atomic E-state index is 12.2. The number of fused-ring (bicyclic) bond motifs is 1. The van der Waals surface area contributed by atoms with Crippen LogP contribution in [0.5, 0.6) is 0 Å². The van der Waals surface area contributed by atoms with Gasteiger partial charge in [0.05, 0.1) is 11.4 Å². The monoisotopic (exact) mass is 555 g/mol. The average molecular weight is 555 g/mol. The summed E-state index contributed by atoms with van der Waals surface area (Å²) >= 11 is 0. The van der Waals surface area contributed by atoms with Crippen LogP contribution in [0.25, 0.3) is 10.9 Å². The van der Waals surface area contributed by atoms with E-state index in [1.165, 1.54) is 29.4 Å². The fraction of sp³-hybridized carbons (Fsp3) is 0.318. The Balaban J connectivity index is 0.00000341. The van der Waals surface area contributed by atoms with Crippen molar-refractivity contribution in [1.82, 2.24) is 19.9 Å². The van der Waals surface area contributed by atoms with Gasteiger partial charge in [0.1, 0.15) is 0 Å². The van der Waals surface area contributed by atoms with Crippen LogP contribution >= 0.6 is 24.0 Å². The van der Waals surface area contributed by atoms with Gasteiger partial charge in [-0.25, -0.2) is 17.7 Å². The lowest BCUT2D eigenvalue weighted by Gasteiger charge is -2.12. The van der Waals surface area contributed by atoms with Gasteiger partial charge in [-0.3, -0.25) is 0 Å². The number of nitrogens with zero attached hydrogens (tertiary/aromatic N) is 2. The second-order valence-corrected chi connectivity index (χ2v) is 9.31. The molecule has 3 aromatic rings. The summed E-state index contributed by atoms with van der Waals surface area (Å²) < 4.78 is 25.5. The van der Waals surface area contributed by atoms with Gasteiger partial charge in [-0.2, -0.15) is 0 Å². The van der Waals surface area contributed by atoms with Crippen molar-refractivity contribution in [3.8, 4) is 0 Å². The summed E-state index contributed by atoms with van der Waals surface area (Å²) in [5.41, 5.74) is 3.36. The minimum absolute atomic E-state index is 0. The average Bonchev–Trinajstić information content (AvgIpc) is 3.15. The zero-order valence-electron chi connectivity index (χ0n) is 18.1. The summed E-state index contributed by atoms with van der Waals surface area (Å²) in [4.78, 5) is 8.20. The first-order valence-corrected chi connectivity index (χ1v) is 11.4. The molecule has 0 aliphatic heterocycles. The molecule has 31 heavy (non-hydrogen) atoms. The molecular weight excluding hydrogens is 525 g/mol. The Labute approximate surface area is 201 Å². The number of para-hydroxylation sites is 1. The van der Waals surface area contributed by atoms with Crippen molar-refractivity contribution in [3.05, 3.63) is 65.9 Å². The standard InChI is InChI=1S/C22H29N5O2S.HI/c1-4-23-22(24-14-13-18-16-25-21-8-6-5-7-20(18)21)26-15-17-9-11-19(12-10-17)30(28,29)27(2)3;/h5-12,16,25H,4,13-15H2,1-3H3,(H2,23,24,26);1H. The second kappa shape index (κ2) is 11.5. The van der Waals surface area contributed by atoms with Gasteiger partial charge in [0.15, 0.2) is 5.96 Å². The van der Waals surface area contributed by atoms with E-state index in [1.54, 1.807) is 24.3 Å². The van der Waals surface area contributed by atoms with Crippen LogP contribution in [-0.4, -0.2) is 50.9 Å². The lowest BCUT2D eigenvalue weighted by Crippen LogP contribution is -2.38. The summed E-state index contributed by atoms with van der Waals surface area (Å²) in [6.45, 7) is 4.01. The molecule has 0 fully saturated rings. The molecule has 168 valence electrons. The predicted octanol–water partition coefficient (Wildman–Crippen LogP) is 3.33. The van der Waals surface area contributed by atoms with E-state index in [9.17, 15) is 8.42 Å². The highest BCUT2D eigenvalue weighted by Crippen LogP contribution is 2.17. The molecule has 7 nitrogen and oxygen atoms in total. The number of aromatic amines is 1. The van der Waals surface area contributed by atoms with Crippen LogP contribution in [0, 0.1) is 0 Å².